The van der Waals surface area contributed by atoms with Crippen LogP contribution in [0.5, 0.6) is 0 Å². The molecule has 11 aromatic carbocycles. The minimum Gasteiger partial charge on any atom is -0.310 e. The number of benzene rings is 11. The van der Waals surface area contributed by atoms with Crippen molar-refractivity contribution < 1.29 is 0 Å². The molecule has 0 N–H and O–H groups in total. The molecule has 0 atom stereocenters. The van der Waals surface area contributed by atoms with Gasteiger partial charge in [0, 0.05) is 16.8 Å². The van der Waals surface area contributed by atoms with Crippen LogP contribution in [0, 0.1) is 0 Å². The highest BCUT2D eigenvalue weighted by molar-refractivity contribution is 6.26. The molecule has 0 heterocycles. The van der Waals surface area contributed by atoms with Gasteiger partial charge >= 0.3 is 0 Å². The molecule has 0 aliphatic heterocycles. The lowest BCUT2D eigenvalue weighted by atomic mass is 9.86. The number of hydrogen-bond acceptors (Lipinski definition) is 1. The van der Waals surface area contributed by atoms with Crippen LogP contribution in [0.4, 0.5) is 17.1 Å². The minimum absolute atomic E-state index is 1.12. The van der Waals surface area contributed by atoms with Gasteiger partial charge in [0.2, 0.25) is 0 Å². The van der Waals surface area contributed by atoms with Crippen molar-refractivity contribution in [3.05, 3.63) is 212 Å². The fourth-order valence-electron chi connectivity index (χ4n) is 8.84. The highest BCUT2D eigenvalue weighted by Gasteiger charge is 2.18. The van der Waals surface area contributed by atoms with E-state index in [2.05, 4.69) is 217 Å². The van der Waals surface area contributed by atoms with E-state index in [1.807, 2.05) is 0 Å². The van der Waals surface area contributed by atoms with Crippen molar-refractivity contribution in [3.8, 4) is 22.3 Å². The molecule has 0 aliphatic carbocycles. The molecule has 0 fully saturated rings. The van der Waals surface area contributed by atoms with Crippen molar-refractivity contribution in [1.29, 1.82) is 0 Å². The molecule has 0 aromatic heterocycles. The molecule has 0 spiro atoms. The van der Waals surface area contributed by atoms with Crippen molar-refractivity contribution in [3.63, 3.8) is 0 Å². The first-order valence-corrected chi connectivity index (χ1v) is 19.0. The van der Waals surface area contributed by atoms with Crippen LogP contribution in [0.2, 0.25) is 0 Å². The average molecular weight is 698 g/mol. The van der Waals surface area contributed by atoms with Gasteiger partial charge < -0.3 is 4.90 Å². The quantitative estimate of drug-likeness (QED) is 0.162. The normalized spacial score (nSPS) is 11.6. The molecular weight excluding hydrogens is 663 g/mol. The van der Waals surface area contributed by atoms with E-state index in [-0.39, 0.29) is 0 Å². The minimum atomic E-state index is 1.12. The third kappa shape index (κ3) is 5.16. The molecule has 1 nitrogen and oxygen atoms in total. The highest BCUT2D eigenvalue weighted by Crippen LogP contribution is 2.45. The zero-order chi connectivity index (χ0) is 36.3. The molecule has 256 valence electrons. The van der Waals surface area contributed by atoms with Gasteiger partial charge in [-0.3, -0.25) is 0 Å². The number of anilines is 3. The largest absolute Gasteiger partial charge is 0.310 e. The molecular formula is C54H35N. The van der Waals surface area contributed by atoms with E-state index < -0.39 is 0 Å². The maximum absolute atomic E-state index is 2.42. The van der Waals surface area contributed by atoms with Crippen LogP contribution in [0.25, 0.3) is 86.9 Å². The van der Waals surface area contributed by atoms with Crippen LogP contribution >= 0.6 is 0 Å². The second-order valence-electron chi connectivity index (χ2n) is 14.5. The molecule has 0 aliphatic rings. The predicted octanol–water partition coefficient (Wildman–Crippen LogP) is 15.4. The molecule has 0 saturated carbocycles. The summed E-state index contributed by atoms with van der Waals surface area (Å²) in [5, 5.41) is 15.0. The second kappa shape index (κ2) is 12.7. The Bertz CT molecular complexity index is 3250. The molecule has 0 radical (unpaired) electrons. The van der Waals surface area contributed by atoms with Gasteiger partial charge in [0.15, 0.2) is 0 Å². The summed E-state index contributed by atoms with van der Waals surface area (Å²) in [5.41, 5.74) is 8.35. The summed E-state index contributed by atoms with van der Waals surface area (Å²) in [6.07, 6.45) is 0. The van der Waals surface area contributed by atoms with E-state index in [4.69, 9.17) is 0 Å². The summed E-state index contributed by atoms with van der Waals surface area (Å²) < 4.78 is 0. The van der Waals surface area contributed by atoms with Gasteiger partial charge in [-0.05, 0) is 124 Å². The Balaban J connectivity index is 1.11. The lowest BCUT2D eigenvalue weighted by Gasteiger charge is -2.27. The molecule has 1 heteroatoms. The van der Waals surface area contributed by atoms with Crippen LogP contribution in [-0.4, -0.2) is 0 Å². The summed E-state index contributed by atoms with van der Waals surface area (Å²) in [6.45, 7) is 0. The maximum atomic E-state index is 2.42. The lowest BCUT2D eigenvalue weighted by Crippen LogP contribution is -2.10. The predicted molar refractivity (Wildman–Crippen MR) is 237 cm³/mol. The number of fused-ring (bicyclic) bond motifs is 8. The van der Waals surface area contributed by atoms with Crippen LogP contribution in [-0.2, 0) is 0 Å². The third-order valence-corrected chi connectivity index (χ3v) is 11.4. The number of hydrogen-bond donors (Lipinski definition) is 0. The van der Waals surface area contributed by atoms with Crippen molar-refractivity contribution in [2.24, 2.45) is 0 Å². The highest BCUT2D eigenvalue weighted by atomic mass is 15.1. The third-order valence-electron chi connectivity index (χ3n) is 11.4. The molecule has 11 aromatic rings. The van der Waals surface area contributed by atoms with Crippen LogP contribution in [0.3, 0.4) is 0 Å². The molecule has 0 unspecified atom stereocenters. The molecule has 0 amide bonds. The first-order valence-electron chi connectivity index (χ1n) is 19.0. The maximum Gasteiger partial charge on any atom is 0.0540 e. The Kier molecular flexibility index (Phi) is 7.25. The van der Waals surface area contributed by atoms with Gasteiger partial charge in [-0.15, -0.1) is 0 Å². The Morgan fingerprint density at radius 3 is 1.49 bits per heavy atom. The summed E-state index contributed by atoms with van der Waals surface area (Å²) in [5.74, 6) is 0. The van der Waals surface area contributed by atoms with Gasteiger partial charge in [-0.2, -0.15) is 0 Å². The molecule has 0 saturated heterocycles. The average Bonchev–Trinajstić information content (AvgIpc) is 3.26. The van der Waals surface area contributed by atoms with E-state index in [0.29, 0.717) is 0 Å². The standard InChI is InChI=1S/C54H35N/c1-2-16-40-33-43(32-27-36(40)13-1)55(53-26-12-18-38-15-4-6-20-45(38)53)42-30-28-39(29-31-42)51-34-41-35-52(46-25-11-17-37-14-3-5-19-44(37)46)48-22-8-10-24-50(48)54(41)49-23-9-7-21-47(49)51/h1-35H. The zero-order valence-corrected chi connectivity index (χ0v) is 30.2. The van der Waals surface area contributed by atoms with Crippen LogP contribution in [0.15, 0.2) is 212 Å². The van der Waals surface area contributed by atoms with Crippen molar-refractivity contribution in [2.75, 3.05) is 4.90 Å². The van der Waals surface area contributed by atoms with E-state index in [1.165, 1.54) is 86.9 Å². The Hall–Kier alpha value is -7.22. The van der Waals surface area contributed by atoms with Gasteiger partial charge in [-0.25, -0.2) is 0 Å². The SMILES string of the molecule is c1ccc2cc(N(c3ccc(-c4cc5cc(-c6cccc7ccccc67)c6ccccc6c5c5ccccc45)cc3)c3cccc4ccccc34)ccc2c1. The van der Waals surface area contributed by atoms with Crippen molar-refractivity contribution in [1.82, 2.24) is 0 Å². The van der Waals surface area contributed by atoms with Gasteiger partial charge in [0.25, 0.3) is 0 Å². The Morgan fingerprint density at radius 2 is 0.764 bits per heavy atom. The van der Waals surface area contributed by atoms with Crippen molar-refractivity contribution in [2.45, 2.75) is 0 Å². The summed E-state index contributed by atoms with van der Waals surface area (Å²) in [7, 11) is 0. The van der Waals surface area contributed by atoms with E-state index in [0.717, 1.165) is 17.1 Å². The van der Waals surface area contributed by atoms with Gasteiger partial charge in [0.05, 0.1) is 5.69 Å². The lowest BCUT2D eigenvalue weighted by molar-refractivity contribution is 1.30. The number of rotatable bonds is 5. The fourth-order valence-corrected chi connectivity index (χ4v) is 8.84. The van der Waals surface area contributed by atoms with Gasteiger partial charge in [-0.1, -0.05) is 170 Å². The topological polar surface area (TPSA) is 3.24 Å². The van der Waals surface area contributed by atoms with E-state index >= 15 is 0 Å². The first-order chi connectivity index (χ1) is 27.3. The summed E-state index contributed by atoms with van der Waals surface area (Å²) in [6, 6.07) is 77.9. The monoisotopic (exact) mass is 697 g/mol. The first kappa shape index (κ1) is 31.3. The Morgan fingerprint density at radius 1 is 0.255 bits per heavy atom. The number of nitrogens with zero attached hydrogens (tertiary/aromatic N) is 1. The molecule has 55 heavy (non-hydrogen) atoms. The molecule has 11 rings (SSSR count). The second-order valence-corrected chi connectivity index (χ2v) is 14.5. The zero-order valence-electron chi connectivity index (χ0n) is 30.2. The van der Waals surface area contributed by atoms with Crippen LogP contribution < -0.4 is 4.90 Å². The van der Waals surface area contributed by atoms with Crippen molar-refractivity contribution >= 4 is 81.7 Å². The van der Waals surface area contributed by atoms with Gasteiger partial charge in [0.1, 0.15) is 0 Å². The van der Waals surface area contributed by atoms with E-state index in [1.54, 1.807) is 0 Å². The van der Waals surface area contributed by atoms with Crippen LogP contribution in [0.1, 0.15) is 0 Å². The Labute approximate surface area is 320 Å². The summed E-state index contributed by atoms with van der Waals surface area (Å²) in [4.78, 5) is 2.40. The molecule has 0 bridgehead atoms. The van der Waals surface area contributed by atoms with E-state index in [9.17, 15) is 0 Å². The fraction of sp³-hybridized carbons (Fsp3) is 0. The smallest absolute Gasteiger partial charge is 0.0540 e. The summed E-state index contributed by atoms with van der Waals surface area (Å²) >= 11 is 0.